The van der Waals surface area contributed by atoms with Crippen LogP contribution in [0.2, 0.25) is 0 Å². The van der Waals surface area contributed by atoms with E-state index in [0.29, 0.717) is 6.04 Å². The molecule has 2 nitrogen and oxygen atoms in total. The lowest BCUT2D eigenvalue weighted by molar-refractivity contribution is -0.0116. The molecule has 0 radical (unpaired) electrons. The number of nitrogens with one attached hydrogen (secondary N) is 1. The summed E-state index contributed by atoms with van der Waals surface area (Å²) >= 11 is 0. The van der Waals surface area contributed by atoms with Crippen molar-refractivity contribution in [2.75, 3.05) is 6.54 Å². The minimum atomic E-state index is -0.447. The fraction of sp³-hybridized carbons (Fsp3) is 1.00. The molecular formula is C18H37NO. The van der Waals surface area contributed by atoms with Crippen LogP contribution in [-0.2, 0) is 0 Å². The maximum absolute atomic E-state index is 10.7. The summed E-state index contributed by atoms with van der Waals surface area (Å²) in [6, 6.07) is 0.558. The van der Waals surface area contributed by atoms with Gasteiger partial charge in [0, 0.05) is 12.6 Å². The molecule has 0 aliphatic heterocycles. The highest BCUT2D eigenvalue weighted by Crippen LogP contribution is 2.33. The Morgan fingerprint density at radius 2 is 1.55 bits per heavy atom. The average Bonchev–Trinajstić information content (AvgIpc) is 2.36. The van der Waals surface area contributed by atoms with Crippen molar-refractivity contribution in [1.29, 1.82) is 0 Å². The number of rotatable bonds is 8. The molecule has 0 aromatic carbocycles. The molecule has 1 aliphatic carbocycles. The first-order valence-electron chi connectivity index (χ1n) is 8.80. The van der Waals surface area contributed by atoms with Crippen molar-refractivity contribution < 1.29 is 5.11 Å². The van der Waals surface area contributed by atoms with Gasteiger partial charge in [-0.25, -0.2) is 0 Å². The van der Waals surface area contributed by atoms with Gasteiger partial charge in [0.25, 0.3) is 0 Å². The Kier molecular flexibility index (Phi) is 7.53. The van der Waals surface area contributed by atoms with Gasteiger partial charge in [0.2, 0.25) is 0 Å². The van der Waals surface area contributed by atoms with Gasteiger partial charge in [0.05, 0.1) is 5.60 Å². The predicted molar refractivity (Wildman–Crippen MR) is 87.9 cm³/mol. The molecule has 0 amide bonds. The molecular weight excluding hydrogens is 246 g/mol. The fourth-order valence-corrected chi connectivity index (χ4v) is 3.54. The number of hydrogen-bond acceptors (Lipinski definition) is 2. The van der Waals surface area contributed by atoms with Crippen molar-refractivity contribution >= 4 is 0 Å². The number of hydrogen-bond donors (Lipinski definition) is 2. The van der Waals surface area contributed by atoms with Crippen LogP contribution in [-0.4, -0.2) is 23.3 Å². The van der Waals surface area contributed by atoms with Crippen LogP contribution in [0.4, 0.5) is 0 Å². The van der Waals surface area contributed by atoms with Crippen LogP contribution in [0.15, 0.2) is 0 Å². The maximum atomic E-state index is 10.7. The average molecular weight is 284 g/mol. The molecule has 0 aromatic rings. The quantitative estimate of drug-likeness (QED) is 0.693. The van der Waals surface area contributed by atoms with Gasteiger partial charge in [0.1, 0.15) is 0 Å². The third-order valence-electron chi connectivity index (χ3n) is 4.84. The van der Waals surface area contributed by atoms with Crippen molar-refractivity contribution in [2.24, 2.45) is 17.8 Å². The molecule has 2 N–H and O–H groups in total. The predicted octanol–water partition coefficient (Wildman–Crippen LogP) is 4.37. The van der Waals surface area contributed by atoms with Gasteiger partial charge in [0.15, 0.2) is 0 Å². The molecule has 2 heteroatoms. The Morgan fingerprint density at radius 1 is 1.05 bits per heavy atom. The summed E-state index contributed by atoms with van der Waals surface area (Å²) < 4.78 is 0. The van der Waals surface area contributed by atoms with Crippen LogP contribution in [0.25, 0.3) is 0 Å². The van der Waals surface area contributed by atoms with E-state index in [9.17, 15) is 5.11 Å². The van der Waals surface area contributed by atoms with Crippen LogP contribution in [0, 0.1) is 17.8 Å². The largest absolute Gasteiger partial charge is 0.389 e. The van der Waals surface area contributed by atoms with Crippen molar-refractivity contribution in [1.82, 2.24) is 5.32 Å². The van der Waals surface area contributed by atoms with E-state index >= 15 is 0 Å². The van der Waals surface area contributed by atoms with E-state index in [1.807, 2.05) is 0 Å². The van der Waals surface area contributed by atoms with Crippen LogP contribution >= 0.6 is 0 Å². The summed E-state index contributed by atoms with van der Waals surface area (Å²) in [5, 5.41) is 14.4. The molecule has 0 spiro atoms. The first-order chi connectivity index (χ1) is 9.34. The molecule has 1 rings (SSSR count). The molecule has 0 unspecified atom stereocenters. The Labute approximate surface area is 126 Å². The van der Waals surface area contributed by atoms with E-state index in [0.717, 1.165) is 37.1 Å². The smallest absolute Gasteiger partial charge is 0.0771 e. The van der Waals surface area contributed by atoms with E-state index in [2.05, 4.69) is 39.9 Å². The summed E-state index contributed by atoms with van der Waals surface area (Å²) in [6.07, 6.45) is 8.06. The third kappa shape index (κ3) is 6.58. The van der Waals surface area contributed by atoms with Crippen LogP contribution in [0.5, 0.6) is 0 Å². The van der Waals surface area contributed by atoms with Gasteiger partial charge in [-0.2, -0.15) is 0 Å². The van der Waals surface area contributed by atoms with Gasteiger partial charge in [-0.15, -0.1) is 0 Å². The summed E-state index contributed by atoms with van der Waals surface area (Å²) in [4.78, 5) is 0. The highest BCUT2D eigenvalue weighted by molar-refractivity contribution is 4.88. The summed E-state index contributed by atoms with van der Waals surface area (Å²) in [5.41, 5.74) is -0.447. The number of aliphatic hydroxyl groups is 1. The molecule has 0 bridgehead atoms. The highest BCUT2D eigenvalue weighted by Gasteiger charge is 2.32. The van der Waals surface area contributed by atoms with Crippen LogP contribution < -0.4 is 5.32 Å². The van der Waals surface area contributed by atoms with Gasteiger partial charge in [-0.1, -0.05) is 41.0 Å². The van der Waals surface area contributed by atoms with E-state index < -0.39 is 5.60 Å². The molecule has 1 saturated carbocycles. The first kappa shape index (κ1) is 18.0. The Hall–Kier alpha value is -0.0800. The summed E-state index contributed by atoms with van der Waals surface area (Å²) in [5.74, 6) is 2.28. The van der Waals surface area contributed by atoms with Gasteiger partial charge in [-0.05, 0) is 56.3 Å². The van der Waals surface area contributed by atoms with Crippen molar-refractivity contribution in [3.8, 4) is 0 Å². The van der Waals surface area contributed by atoms with Crippen molar-refractivity contribution in [2.45, 2.75) is 91.2 Å². The summed E-state index contributed by atoms with van der Waals surface area (Å²) in [7, 11) is 0. The molecule has 1 fully saturated rings. The fourth-order valence-electron chi connectivity index (χ4n) is 3.54. The molecule has 0 atom stereocenters. The lowest BCUT2D eigenvalue weighted by atomic mass is 9.77. The zero-order valence-corrected chi connectivity index (χ0v) is 14.4. The SMILES string of the molecule is CCC1CCC(O)(CNC(CC(C)C)CC(C)C)CC1. The Morgan fingerprint density at radius 3 is 1.95 bits per heavy atom. The molecule has 0 heterocycles. The molecule has 0 aromatic heterocycles. The second-order valence-corrected chi connectivity index (χ2v) is 7.91. The monoisotopic (exact) mass is 283 g/mol. The van der Waals surface area contributed by atoms with E-state index in [1.165, 1.54) is 32.1 Å². The first-order valence-corrected chi connectivity index (χ1v) is 8.80. The van der Waals surface area contributed by atoms with Gasteiger partial charge in [-0.3, -0.25) is 0 Å². The lowest BCUT2D eigenvalue weighted by Crippen LogP contribution is -2.47. The molecule has 0 saturated heterocycles. The molecule has 1 aliphatic rings. The molecule has 20 heavy (non-hydrogen) atoms. The van der Waals surface area contributed by atoms with E-state index in [1.54, 1.807) is 0 Å². The zero-order chi connectivity index (χ0) is 15.2. The zero-order valence-electron chi connectivity index (χ0n) is 14.4. The van der Waals surface area contributed by atoms with Gasteiger partial charge >= 0.3 is 0 Å². The van der Waals surface area contributed by atoms with Crippen molar-refractivity contribution in [3.05, 3.63) is 0 Å². The Bertz CT molecular complexity index is 244. The second kappa shape index (κ2) is 8.38. The lowest BCUT2D eigenvalue weighted by Gasteiger charge is -2.37. The van der Waals surface area contributed by atoms with E-state index in [-0.39, 0.29) is 0 Å². The van der Waals surface area contributed by atoms with Crippen LogP contribution in [0.3, 0.4) is 0 Å². The van der Waals surface area contributed by atoms with Crippen LogP contribution in [0.1, 0.15) is 79.6 Å². The highest BCUT2D eigenvalue weighted by atomic mass is 16.3. The van der Waals surface area contributed by atoms with Gasteiger partial charge < -0.3 is 10.4 Å². The minimum absolute atomic E-state index is 0.447. The third-order valence-corrected chi connectivity index (χ3v) is 4.84. The standard InChI is InChI=1S/C18H37NO/c1-6-16-7-9-18(20,10-8-16)13-19-17(11-14(2)3)12-15(4)5/h14-17,19-20H,6-13H2,1-5H3. The van der Waals surface area contributed by atoms with Crippen molar-refractivity contribution in [3.63, 3.8) is 0 Å². The normalized spacial score (nSPS) is 27.8. The summed E-state index contributed by atoms with van der Waals surface area (Å²) in [6.45, 7) is 12.2. The Balaban J connectivity index is 2.41. The second-order valence-electron chi connectivity index (χ2n) is 7.91. The minimum Gasteiger partial charge on any atom is -0.389 e. The molecule has 120 valence electrons. The topological polar surface area (TPSA) is 32.3 Å². The van der Waals surface area contributed by atoms with E-state index in [4.69, 9.17) is 0 Å². The maximum Gasteiger partial charge on any atom is 0.0771 e.